The van der Waals surface area contributed by atoms with Gasteiger partial charge in [-0.15, -0.1) is 0 Å². The molecule has 0 spiro atoms. The Balaban J connectivity index is 0.000000207. The molecule has 6 rings (SSSR count). The molecule has 0 amide bonds. The van der Waals surface area contributed by atoms with Gasteiger partial charge in [0.05, 0.1) is 0 Å². The van der Waals surface area contributed by atoms with Crippen molar-refractivity contribution >= 4 is 15.8 Å². The van der Waals surface area contributed by atoms with Crippen molar-refractivity contribution in [2.45, 2.75) is 227 Å². The van der Waals surface area contributed by atoms with Gasteiger partial charge < -0.3 is 17.0 Å². The van der Waals surface area contributed by atoms with Crippen LogP contribution in [0.3, 0.4) is 0 Å². The molecule has 0 unspecified atom stereocenters. The van der Waals surface area contributed by atoms with Gasteiger partial charge in [0.2, 0.25) is 0 Å². The maximum absolute atomic E-state index is 8.39. The number of nitroso groups, excluding NO2 is 1. The third-order valence-electron chi connectivity index (χ3n) is 12.0. The van der Waals surface area contributed by atoms with Gasteiger partial charge >= 0.3 is 24.8 Å². The number of hydrogen-bond donors (Lipinski definition) is 0. The summed E-state index contributed by atoms with van der Waals surface area (Å²) in [7, 11) is 0.770. The van der Waals surface area contributed by atoms with Crippen molar-refractivity contribution in [1.29, 1.82) is 0 Å². The normalized spacial score (nSPS) is 26.5. The molecule has 0 heterocycles. The smallest absolute Gasteiger partial charge is 1.00 e. The summed E-state index contributed by atoms with van der Waals surface area (Å²) in [5.41, 5.74) is 7.14. The van der Waals surface area contributed by atoms with Gasteiger partial charge in [-0.25, -0.2) is 0 Å². The molecule has 0 aromatic heterocycles. The second-order valence-corrected chi connectivity index (χ2v) is 21.1. The minimum Gasteiger partial charge on any atom is -1.00 e. The molecule has 0 N–H and O–H groups in total. The van der Waals surface area contributed by atoms with E-state index in [1.807, 2.05) is 4.26 Å². The molecule has 6 heteroatoms. The summed E-state index contributed by atoms with van der Waals surface area (Å²) < 4.78 is 1.88. The van der Waals surface area contributed by atoms with E-state index in [0.717, 1.165) is 0 Å². The van der Waals surface area contributed by atoms with Crippen molar-refractivity contribution in [3.05, 3.63) is 4.91 Å². The van der Waals surface area contributed by atoms with Crippen LogP contribution in [0, 0.1) is 4.91 Å². The van der Waals surface area contributed by atoms with Crippen molar-refractivity contribution < 1.29 is 32.7 Å². The standard InChI is InChI=1S/2C18H33P.BrH.NO.Ni/c2*1-4-10-16(11-5-1)19(17-12-6-2-7-13-17)18-14-8-3-9-15-18;;1-2;/h2*16-18H,1-15H2;1H;;/q;;;-1;+2/p-1. The average molecular weight is 729 g/mol. The Hall–Kier alpha value is 1.43. The largest absolute Gasteiger partial charge is 1.00 e. The molecule has 0 aromatic carbocycles. The summed E-state index contributed by atoms with van der Waals surface area (Å²) in [6.07, 6.45) is 47.2. The number of rotatable bonds is 6. The molecule has 2 nitrogen and oxygen atoms in total. The summed E-state index contributed by atoms with van der Waals surface area (Å²) in [6, 6.07) is 0. The summed E-state index contributed by atoms with van der Waals surface area (Å²) in [5, 5.41) is 0. The molecule has 0 radical (unpaired) electrons. The predicted molar refractivity (Wildman–Crippen MR) is 181 cm³/mol. The Kier molecular flexibility index (Phi) is 20.6. The zero-order chi connectivity index (χ0) is 28.5. The maximum Gasteiger partial charge on any atom is -1.00 e. The minimum absolute atomic E-state index is 0. The Labute approximate surface area is 282 Å². The fourth-order valence-corrected chi connectivity index (χ4v) is 19.4. The summed E-state index contributed by atoms with van der Waals surface area (Å²) in [4.78, 5) is 8.39. The van der Waals surface area contributed by atoms with Crippen LogP contribution >= 0.6 is 15.8 Å². The second-order valence-electron chi connectivity index (χ2n) is 14.7. The molecule has 42 heavy (non-hydrogen) atoms. The van der Waals surface area contributed by atoms with Crippen molar-refractivity contribution in [1.82, 2.24) is 0 Å². The van der Waals surface area contributed by atoms with Crippen LogP contribution in [0.4, 0.5) is 0 Å². The third kappa shape index (κ3) is 12.6. The van der Waals surface area contributed by atoms with Crippen LogP contribution in [-0.4, -0.2) is 34.0 Å². The molecule has 6 fully saturated rings. The van der Waals surface area contributed by atoms with Gasteiger partial charge in [-0.1, -0.05) is 131 Å². The summed E-state index contributed by atoms with van der Waals surface area (Å²) in [6.45, 7) is 0. The average Bonchev–Trinajstić information content (AvgIpc) is 3.05. The van der Waals surface area contributed by atoms with E-state index in [9.17, 15) is 0 Å². The first-order valence-electron chi connectivity index (χ1n) is 18.8. The van der Waals surface area contributed by atoms with Crippen molar-refractivity contribution in [3.63, 3.8) is 0 Å². The van der Waals surface area contributed by atoms with Crippen LogP contribution < -0.4 is 17.0 Å². The Morgan fingerprint density at radius 3 is 0.571 bits per heavy atom. The summed E-state index contributed by atoms with van der Waals surface area (Å²) in [5.74, 6) is 0. The molecule has 248 valence electrons. The van der Waals surface area contributed by atoms with E-state index >= 15 is 0 Å². The maximum atomic E-state index is 8.39. The fourth-order valence-electron chi connectivity index (χ4n) is 10.1. The molecular formula is C36H66BrNNiOP2. The van der Waals surface area contributed by atoms with Crippen LogP contribution in [0.2, 0.25) is 0 Å². The zero-order valence-electron chi connectivity index (χ0n) is 27.1. The van der Waals surface area contributed by atoms with Gasteiger partial charge in [-0.3, -0.25) is 0 Å². The van der Waals surface area contributed by atoms with Crippen LogP contribution in [-0.2, 0) is 15.7 Å². The molecule has 6 aliphatic rings. The van der Waals surface area contributed by atoms with E-state index in [0.29, 0.717) is 15.8 Å². The van der Waals surface area contributed by atoms with E-state index < -0.39 is 0 Å². The topological polar surface area (TPSA) is 29.4 Å². The number of nitrogens with zero attached hydrogens (tertiary/aromatic N) is 1. The van der Waals surface area contributed by atoms with Crippen molar-refractivity contribution in [2.24, 2.45) is 4.26 Å². The van der Waals surface area contributed by atoms with Crippen LogP contribution in [0.1, 0.15) is 193 Å². The molecule has 0 bridgehead atoms. The fraction of sp³-hybridized carbons (Fsp3) is 1.00. The quantitative estimate of drug-likeness (QED) is 0.152. The first kappa shape index (κ1) is 37.9. The van der Waals surface area contributed by atoms with Gasteiger partial charge in [-0.05, 0) is 111 Å². The van der Waals surface area contributed by atoms with Gasteiger partial charge in [0.15, 0.2) is 0 Å². The van der Waals surface area contributed by atoms with Gasteiger partial charge in [0.1, 0.15) is 0 Å². The van der Waals surface area contributed by atoms with Crippen molar-refractivity contribution in [3.8, 4) is 0 Å². The van der Waals surface area contributed by atoms with E-state index in [4.69, 9.17) is 4.91 Å². The van der Waals surface area contributed by atoms with E-state index in [2.05, 4.69) is 15.7 Å². The predicted octanol–water partition coefficient (Wildman–Crippen LogP) is 10.2. The van der Waals surface area contributed by atoms with Crippen LogP contribution in [0.25, 0.3) is 0 Å². The van der Waals surface area contributed by atoms with Gasteiger partial charge in [0.25, 0.3) is 0 Å². The molecule has 0 saturated heterocycles. The summed E-state index contributed by atoms with van der Waals surface area (Å²) >= 11 is 3.24. The molecule has 0 aliphatic heterocycles. The Morgan fingerprint density at radius 2 is 0.452 bits per heavy atom. The minimum atomic E-state index is 0. The molecule has 0 aromatic rings. The number of halogens is 1. The van der Waals surface area contributed by atoms with Crippen molar-refractivity contribution in [2.75, 3.05) is 0 Å². The Morgan fingerprint density at radius 1 is 0.333 bits per heavy atom. The molecule has 6 aliphatic carbocycles. The molecule has 0 atom stereocenters. The van der Waals surface area contributed by atoms with Gasteiger partial charge in [0, 0.05) is 0 Å². The second kappa shape index (κ2) is 22.9. The van der Waals surface area contributed by atoms with Crippen LogP contribution in [0.5, 0.6) is 0 Å². The van der Waals surface area contributed by atoms with E-state index in [1.54, 1.807) is 154 Å². The Bertz CT molecular complexity index is 526. The monoisotopic (exact) mass is 727 g/mol. The molecule has 6 saturated carbocycles. The zero-order valence-corrected chi connectivity index (χ0v) is 31.5. The first-order valence-corrected chi connectivity index (χ1v) is 22.3. The third-order valence-corrected chi connectivity index (χ3v) is 20.1. The van der Waals surface area contributed by atoms with Crippen LogP contribution in [0.15, 0.2) is 4.26 Å². The number of hydrogen-bond acceptors (Lipinski definition) is 2. The first-order chi connectivity index (χ1) is 20.3. The SMILES string of the molecule is C1CCC(P(C2CCCCC2)C2CCCCC2)CC1.C1CCC(P(C2CCCCC2)C2CCCCC2)CC1.O=[N][Ni+].[Br-]. The molecular weight excluding hydrogens is 663 g/mol. The van der Waals surface area contributed by atoms with E-state index in [-0.39, 0.29) is 17.0 Å². The van der Waals surface area contributed by atoms with E-state index in [1.165, 1.54) is 72.5 Å². The van der Waals surface area contributed by atoms with Gasteiger partial charge in [-0.2, -0.15) is 0 Å².